The first-order valence-corrected chi connectivity index (χ1v) is 6.90. The summed E-state index contributed by atoms with van der Waals surface area (Å²) in [6.45, 7) is 10.8. The molecule has 1 aromatic heterocycles. The largest absolute Gasteiger partial charge is 0.391 e. The summed E-state index contributed by atoms with van der Waals surface area (Å²) in [5.41, 5.74) is 1.47. The van der Waals surface area contributed by atoms with Crippen molar-refractivity contribution in [2.75, 3.05) is 6.54 Å². The highest BCUT2D eigenvalue weighted by molar-refractivity contribution is 5.92. The fourth-order valence-electron chi connectivity index (χ4n) is 1.67. The Morgan fingerprint density at radius 3 is 2.53 bits per heavy atom. The smallest absolute Gasteiger partial charge is 0.269 e. The average Bonchev–Trinajstić information content (AvgIpc) is 2.79. The first-order chi connectivity index (χ1) is 8.86. The lowest BCUT2D eigenvalue weighted by molar-refractivity contribution is 0.0862. The Labute approximate surface area is 115 Å². The molecular weight excluding hydrogens is 242 g/mol. The van der Waals surface area contributed by atoms with Crippen LogP contribution in [0.5, 0.6) is 0 Å². The van der Waals surface area contributed by atoms with Gasteiger partial charge in [-0.1, -0.05) is 27.7 Å². The van der Waals surface area contributed by atoms with E-state index in [4.69, 9.17) is 0 Å². The number of aromatic nitrogens is 2. The Bertz CT molecular complexity index is 424. The molecule has 0 radical (unpaired) electrons. The normalized spacial score (nSPS) is 13.1. The van der Waals surface area contributed by atoms with Gasteiger partial charge in [0.05, 0.1) is 11.8 Å². The van der Waals surface area contributed by atoms with Crippen molar-refractivity contribution in [2.24, 2.45) is 5.92 Å². The van der Waals surface area contributed by atoms with E-state index in [0.717, 1.165) is 5.69 Å². The molecule has 19 heavy (non-hydrogen) atoms. The zero-order chi connectivity index (χ0) is 14.6. The summed E-state index contributed by atoms with van der Waals surface area (Å²) >= 11 is 0. The predicted octanol–water partition coefficient (Wildman–Crippen LogP) is 1.77. The average molecular weight is 267 g/mol. The molecule has 0 aliphatic heterocycles. The zero-order valence-electron chi connectivity index (χ0n) is 12.5. The van der Waals surface area contributed by atoms with Crippen molar-refractivity contribution in [2.45, 2.75) is 53.2 Å². The number of rotatable bonds is 6. The summed E-state index contributed by atoms with van der Waals surface area (Å²) in [5.74, 6) is 0.240. The van der Waals surface area contributed by atoms with E-state index in [1.807, 2.05) is 40.7 Å². The molecule has 0 fully saturated rings. The van der Waals surface area contributed by atoms with E-state index in [1.165, 1.54) is 0 Å². The van der Waals surface area contributed by atoms with Crippen molar-refractivity contribution in [3.05, 3.63) is 17.5 Å². The maximum Gasteiger partial charge on any atom is 0.269 e. The Balaban J connectivity index is 2.76. The van der Waals surface area contributed by atoms with Gasteiger partial charge in [-0.15, -0.1) is 0 Å². The molecule has 0 aliphatic rings. The van der Waals surface area contributed by atoms with Crippen molar-refractivity contribution in [1.82, 2.24) is 15.1 Å². The molecule has 5 heteroatoms. The topological polar surface area (TPSA) is 67.2 Å². The third kappa shape index (κ3) is 4.06. The molecule has 0 spiro atoms. The van der Waals surface area contributed by atoms with Crippen molar-refractivity contribution in [3.63, 3.8) is 0 Å². The van der Waals surface area contributed by atoms with Crippen LogP contribution in [-0.2, 0) is 6.54 Å². The van der Waals surface area contributed by atoms with Gasteiger partial charge in [0.25, 0.3) is 5.91 Å². The number of hydrogen-bond donors (Lipinski definition) is 2. The molecule has 0 saturated heterocycles. The van der Waals surface area contributed by atoms with Crippen LogP contribution < -0.4 is 5.32 Å². The van der Waals surface area contributed by atoms with Crippen molar-refractivity contribution < 1.29 is 9.90 Å². The Hall–Kier alpha value is -1.36. The maximum atomic E-state index is 12.1. The van der Waals surface area contributed by atoms with Gasteiger partial charge >= 0.3 is 0 Å². The van der Waals surface area contributed by atoms with Crippen LogP contribution in [0.25, 0.3) is 0 Å². The maximum absolute atomic E-state index is 12.1. The molecule has 1 heterocycles. The quantitative estimate of drug-likeness (QED) is 0.825. The molecular formula is C14H25N3O2. The number of aliphatic hydroxyl groups is 1. The first kappa shape index (κ1) is 15.7. The highest BCUT2D eigenvalue weighted by Gasteiger charge is 2.17. The standard InChI is InChI=1S/C14H25N3O2/c1-6-17-12(7-11(16-17)9(2)3)14(19)15-8-13(18)10(4)5/h7,9-10,13,18H,6,8H2,1-5H3,(H,15,19). The summed E-state index contributed by atoms with van der Waals surface area (Å²) in [4.78, 5) is 12.1. The molecule has 0 bridgehead atoms. The van der Waals surface area contributed by atoms with Crippen LogP contribution in [0, 0.1) is 5.92 Å². The number of carbonyl (C=O) groups excluding carboxylic acids is 1. The summed E-state index contributed by atoms with van der Waals surface area (Å²) < 4.78 is 1.70. The van der Waals surface area contributed by atoms with Gasteiger partial charge in [-0.3, -0.25) is 9.48 Å². The summed E-state index contributed by atoms with van der Waals surface area (Å²) in [6.07, 6.45) is -0.522. The van der Waals surface area contributed by atoms with E-state index in [9.17, 15) is 9.90 Å². The number of hydrogen-bond acceptors (Lipinski definition) is 3. The van der Waals surface area contributed by atoms with Gasteiger partial charge in [-0.05, 0) is 24.8 Å². The second-order valence-electron chi connectivity index (χ2n) is 5.45. The van der Waals surface area contributed by atoms with Gasteiger partial charge in [-0.25, -0.2) is 0 Å². The van der Waals surface area contributed by atoms with Gasteiger partial charge in [0.1, 0.15) is 5.69 Å². The van der Waals surface area contributed by atoms with Gasteiger partial charge in [-0.2, -0.15) is 5.10 Å². The lowest BCUT2D eigenvalue weighted by atomic mass is 10.1. The molecule has 2 N–H and O–H groups in total. The molecule has 0 saturated carbocycles. The van der Waals surface area contributed by atoms with Crippen molar-refractivity contribution >= 4 is 5.91 Å². The predicted molar refractivity (Wildman–Crippen MR) is 75.2 cm³/mol. The minimum Gasteiger partial charge on any atom is -0.391 e. The van der Waals surface area contributed by atoms with Gasteiger partial charge in [0.15, 0.2) is 0 Å². The van der Waals surface area contributed by atoms with Gasteiger partial charge in [0, 0.05) is 13.1 Å². The Kier molecular flexibility index (Phi) is 5.54. The lowest BCUT2D eigenvalue weighted by Crippen LogP contribution is -2.35. The molecule has 1 rings (SSSR count). The van der Waals surface area contributed by atoms with E-state index in [-0.39, 0.29) is 18.4 Å². The molecule has 1 amide bonds. The van der Waals surface area contributed by atoms with Crippen molar-refractivity contribution in [3.8, 4) is 0 Å². The van der Waals surface area contributed by atoms with Crippen LogP contribution in [0.3, 0.4) is 0 Å². The molecule has 5 nitrogen and oxygen atoms in total. The number of carbonyl (C=O) groups is 1. The molecule has 1 aromatic rings. The second-order valence-corrected chi connectivity index (χ2v) is 5.45. The third-order valence-electron chi connectivity index (χ3n) is 3.16. The number of nitrogens with one attached hydrogen (secondary N) is 1. The molecule has 0 aliphatic carbocycles. The molecule has 1 atom stereocenters. The first-order valence-electron chi connectivity index (χ1n) is 6.90. The van der Waals surface area contributed by atoms with Gasteiger partial charge in [0.2, 0.25) is 0 Å². The Morgan fingerprint density at radius 2 is 2.05 bits per heavy atom. The van der Waals surface area contributed by atoms with E-state index in [0.29, 0.717) is 18.2 Å². The minimum atomic E-state index is -0.522. The van der Waals surface area contributed by atoms with Crippen LogP contribution in [0.4, 0.5) is 0 Å². The Morgan fingerprint density at radius 1 is 1.42 bits per heavy atom. The number of nitrogens with zero attached hydrogens (tertiary/aromatic N) is 2. The second kappa shape index (κ2) is 6.70. The summed E-state index contributed by atoms with van der Waals surface area (Å²) in [5, 5.41) is 16.9. The number of aliphatic hydroxyl groups excluding tert-OH is 1. The monoisotopic (exact) mass is 267 g/mol. The van der Waals surface area contributed by atoms with E-state index in [1.54, 1.807) is 4.68 Å². The van der Waals surface area contributed by atoms with Crippen LogP contribution in [0.15, 0.2) is 6.07 Å². The van der Waals surface area contributed by atoms with E-state index in [2.05, 4.69) is 10.4 Å². The molecule has 1 unspecified atom stereocenters. The number of amides is 1. The summed E-state index contributed by atoms with van der Waals surface area (Å²) in [6, 6.07) is 1.82. The summed E-state index contributed by atoms with van der Waals surface area (Å²) in [7, 11) is 0. The van der Waals surface area contributed by atoms with Crippen LogP contribution in [-0.4, -0.2) is 33.4 Å². The van der Waals surface area contributed by atoms with Crippen LogP contribution in [0.2, 0.25) is 0 Å². The zero-order valence-corrected chi connectivity index (χ0v) is 12.5. The SMILES string of the molecule is CCn1nc(C(C)C)cc1C(=O)NCC(O)C(C)C. The minimum absolute atomic E-state index is 0.127. The van der Waals surface area contributed by atoms with E-state index < -0.39 is 6.10 Å². The van der Waals surface area contributed by atoms with Crippen LogP contribution >= 0.6 is 0 Å². The fourth-order valence-corrected chi connectivity index (χ4v) is 1.67. The van der Waals surface area contributed by atoms with Crippen LogP contribution in [0.1, 0.15) is 56.7 Å². The number of aryl methyl sites for hydroxylation is 1. The highest BCUT2D eigenvalue weighted by atomic mass is 16.3. The third-order valence-corrected chi connectivity index (χ3v) is 3.16. The van der Waals surface area contributed by atoms with Gasteiger partial charge < -0.3 is 10.4 Å². The molecule has 0 aromatic carbocycles. The van der Waals surface area contributed by atoms with Crippen molar-refractivity contribution in [1.29, 1.82) is 0 Å². The highest BCUT2D eigenvalue weighted by Crippen LogP contribution is 2.14. The lowest BCUT2D eigenvalue weighted by Gasteiger charge is -2.15. The fraction of sp³-hybridized carbons (Fsp3) is 0.714. The molecule has 108 valence electrons. The van der Waals surface area contributed by atoms with E-state index >= 15 is 0 Å².